The van der Waals surface area contributed by atoms with E-state index in [0.29, 0.717) is 0 Å². The smallest absolute Gasteiger partial charge is 0.251 e. The third-order valence-corrected chi connectivity index (χ3v) is 3.16. The summed E-state index contributed by atoms with van der Waals surface area (Å²) in [7, 11) is 0. The van der Waals surface area contributed by atoms with Crippen molar-refractivity contribution in [1.29, 1.82) is 0 Å². The zero-order valence-electron chi connectivity index (χ0n) is 9.96. The maximum Gasteiger partial charge on any atom is 0.251 e. The van der Waals surface area contributed by atoms with Crippen LogP contribution in [0.5, 0.6) is 0 Å². The van der Waals surface area contributed by atoms with Crippen molar-refractivity contribution in [3.8, 4) is 0 Å². The Hall–Kier alpha value is -2.36. The van der Waals surface area contributed by atoms with Crippen LogP contribution in [-0.4, -0.2) is 28.2 Å². The Morgan fingerprint density at radius 1 is 1.28 bits per heavy atom. The van der Waals surface area contributed by atoms with Crippen molar-refractivity contribution in [2.24, 2.45) is 0 Å². The SMILES string of the molecule is CC(=O)N1C=C2c3ccccc3C=CN2C(=O)C1. The summed E-state index contributed by atoms with van der Waals surface area (Å²) in [5.41, 5.74) is 2.79. The fourth-order valence-corrected chi connectivity index (χ4v) is 2.21. The number of hydrogen-bond acceptors (Lipinski definition) is 2. The fraction of sp³-hybridized carbons (Fsp3) is 0.143. The molecule has 0 radical (unpaired) electrons. The Labute approximate surface area is 105 Å². The molecule has 1 aromatic carbocycles. The first-order valence-corrected chi connectivity index (χ1v) is 5.75. The molecule has 0 saturated heterocycles. The van der Waals surface area contributed by atoms with Crippen molar-refractivity contribution >= 4 is 23.6 Å². The Morgan fingerprint density at radius 3 is 2.83 bits per heavy atom. The van der Waals surface area contributed by atoms with Crippen molar-refractivity contribution in [3.63, 3.8) is 0 Å². The van der Waals surface area contributed by atoms with Gasteiger partial charge in [0.25, 0.3) is 5.91 Å². The molecule has 0 aliphatic carbocycles. The van der Waals surface area contributed by atoms with Crippen molar-refractivity contribution in [3.05, 3.63) is 47.8 Å². The molecule has 4 nitrogen and oxygen atoms in total. The lowest BCUT2D eigenvalue weighted by atomic mass is 10.00. The summed E-state index contributed by atoms with van der Waals surface area (Å²) in [4.78, 5) is 26.5. The molecule has 0 fully saturated rings. The van der Waals surface area contributed by atoms with Gasteiger partial charge in [-0.3, -0.25) is 14.5 Å². The molecule has 2 aliphatic rings. The highest BCUT2D eigenvalue weighted by Crippen LogP contribution is 2.31. The van der Waals surface area contributed by atoms with Gasteiger partial charge in [-0.05, 0) is 11.6 Å². The van der Waals surface area contributed by atoms with Crippen molar-refractivity contribution in [2.45, 2.75) is 6.92 Å². The van der Waals surface area contributed by atoms with Crippen molar-refractivity contribution in [1.82, 2.24) is 9.80 Å². The minimum absolute atomic E-state index is 0.0894. The number of amides is 2. The van der Waals surface area contributed by atoms with Gasteiger partial charge < -0.3 is 4.90 Å². The van der Waals surface area contributed by atoms with Gasteiger partial charge in [-0.1, -0.05) is 24.3 Å². The van der Waals surface area contributed by atoms with E-state index in [1.165, 1.54) is 11.8 Å². The van der Waals surface area contributed by atoms with Gasteiger partial charge in [0.1, 0.15) is 6.54 Å². The van der Waals surface area contributed by atoms with Gasteiger partial charge in [0.15, 0.2) is 0 Å². The zero-order chi connectivity index (χ0) is 12.7. The van der Waals surface area contributed by atoms with Crippen LogP contribution >= 0.6 is 0 Å². The number of carbonyl (C=O) groups excluding carboxylic acids is 2. The van der Waals surface area contributed by atoms with Crippen LogP contribution in [0, 0.1) is 0 Å². The van der Waals surface area contributed by atoms with E-state index in [4.69, 9.17) is 0 Å². The first kappa shape index (κ1) is 10.8. The van der Waals surface area contributed by atoms with E-state index in [-0.39, 0.29) is 18.4 Å². The molecular formula is C14H12N2O2. The lowest BCUT2D eigenvalue weighted by molar-refractivity contribution is -0.135. The maximum atomic E-state index is 12.0. The second-order valence-corrected chi connectivity index (χ2v) is 4.33. The standard InChI is InChI=1S/C14H12N2O2/c1-10(17)15-8-13-12-5-3-2-4-11(12)6-7-16(13)14(18)9-15/h2-8H,9H2,1H3. The highest BCUT2D eigenvalue weighted by atomic mass is 16.2. The first-order valence-electron chi connectivity index (χ1n) is 5.75. The van der Waals surface area contributed by atoms with Gasteiger partial charge >= 0.3 is 0 Å². The van der Waals surface area contributed by atoms with Crippen LogP contribution in [0.3, 0.4) is 0 Å². The Morgan fingerprint density at radius 2 is 2.06 bits per heavy atom. The van der Waals surface area contributed by atoms with E-state index in [2.05, 4.69) is 0 Å². The molecule has 0 aromatic heterocycles. The van der Waals surface area contributed by atoms with Crippen LogP contribution in [0.4, 0.5) is 0 Å². The predicted octanol–water partition coefficient (Wildman–Crippen LogP) is 1.66. The van der Waals surface area contributed by atoms with Gasteiger partial charge in [-0.2, -0.15) is 0 Å². The molecule has 0 unspecified atom stereocenters. The minimum atomic E-state index is -0.123. The van der Waals surface area contributed by atoms with E-state index in [1.807, 2.05) is 30.3 Å². The molecule has 2 aliphatic heterocycles. The van der Waals surface area contributed by atoms with E-state index in [1.54, 1.807) is 17.3 Å². The monoisotopic (exact) mass is 240 g/mol. The fourth-order valence-electron chi connectivity index (χ4n) is 2.21. The molecule has 2 heterocycles. The minimum Gasteiger partial charge on any atom is -0.308 e. The molecule has 0 atom stereocenters. The highest BCUT2D eigenvalue weighted by molar-refractivity contribution is 5.98. The quantitative estimate of drug-likeness (QED) is 0.692. The average Bonchev–Trinajstić information content (AvgIpc) is 2.38. The molecular weight excluding hydrogens is 228 g/mol. The third-order valence-electron chi connectivity index (χ3n) is 3.16. The molecule has 18 heavy (non-hydrogen) atoms. The molecule has 0 spiro atoms. The van der Waals surface area contributed by atoms with Gasteiger partial charge in [0, 0.05) is 24.9 Å². The van der Waals surface area contributed by atoms with Gasteiger partial charge in [-0.15, -0.1) is 0 Å². The van der Waals surface area contributed by atoms with Crippen LogP contribution in [0.15, 0.2) is 36.7 Å². The summed E-state index contributed by atoms with van der Waals surface area (Å²) in [5.74, 6) is -0.212. The van der Waals surface area contributed by atoms with E-state index >= 15 is 0 Å². The lowest BCUT2D eigenvalue weighted by Crippen LogP contribution is -2.42. The van der Waals surface area contributed by atoms with Crippen LogP contribution in [0.2, 0.25) is 0 Å². The number of benzene rings is 1. The number of carbonyl (C=O) groups is 2. The summed E-state index contributed by atoms with van der Waals surface area (Å²) < 4.78 is 0. The van der Waals surface area contributed by atoms with Gasteiger partial charge in [0.2, 0.25) is 5.91 Å². The lowest BCUT2D eigenvalue weighted by Gasteiger charge is -2.33. The number of hydrogen-bond donors (Lipinski definition) is 0. The molecule has 3 rings (SSSR count). The second-order valence-electron chi connectivity index (χ2n) is 4.33. The summed E-state index contributed by atoms with van der Waals surface area (Å²) >= 11 is 0. The molecule has 1 aromatic rings. The Kier molecular flexibility index (Phi) is 2.30. The molecule has 0 saturated carbocycles. The second kappa shape index (κ2) is 3.84. The Bertz CT molecular complexity index is 602. The van der Waals surface area contributed by atoms with Crippen LogP contribution < -0.4 is 0 Å². The number of rotatable bonds is 0. The largest absolute Gasteiger partial charge is 0.308 e. The number of fused-ring (bicyclic) bond motifs is 3. The average molecular weight is 240 g/mol. The van der Waals surface area contributed by atoms with Crippen LogP contribution in [0.25, 0.3) is 11.8 Å². The third kappa shape index (κ3) is 1.54. The summed E-state index contributed by atoms with van der Waals surface area (Å²) in [6.45, 7) is 1.57. The molecule has 2 amide bonds. The maximum absolute atomic E-state index is 12.0. The molecule has 0 bridgehead atoms. The molecule has 0 N–H and O–H groups in total. The topological polar surface area (TPSA) is 40.6 Å². The molecule has 4 heteroatoms. The summed E-state index contributed by atoms with van der Waals surface area (Å²) in [5, 5.41) is 0. The van der Waals surface area contributed by atoms with Gasteiger partial charge in [-0.25, -0.2) is 0 Å². The van der Waals surface area contributed by atoms with Crippen molar-refractivity contribution in [2.75, 3.05) is 6.54 Å². The first-order chi connectivity index (χ1) is 8.66. The molecule has 90 valence electrons. The van der Waals surface area contributed by atoms with E-state index in [9.17, 15) is 9.59 Å². The van der Waals surface area contributed by atoms with Crippen LogP contribution in [-0.2, 0) is 9.59 Å². The highest BCUT2D eigenvalue weighted by Gasteiger charge is 2.29. The number of nitrogens with zero attached hydrogens (tertiary/aromatic N) is 2. The van der Waals surface area contributed by atoms with Crippen molar-refractivity contribution < 1.29 is 9.59 Å². The van der Waals surface area contributed by atoms with Gasteiger partial charge in [0.05, 0.1) is 5.70 Å². The van der Waals surface area contributed by atoms with Crippen LogP contribution in [0.1, 0.15) is 18.1 Å². The summed E-state index contributed by atoms with van der Waals surface area (Å²) in [6.07, 6.45) is 5.41. The van der Waals surface area contributed by atoms with E-state index in [0.717, 1.165) is 16.8 Å². The predicted molar refractivity (Wildman–Crippen MR) is 67.7 cm³/mol. The normalized spacial score (nSPS) is 17.2. The summed E-state index contributed by atoms with van der Waals surface area (Å²) in [6, 6.07) is 7.82. The van der Waals surface area contributed by atoms with E-state index < -0.39 is 0 Å². The zero-order valence-corrected chi connectivity index (χ0v) is 9.96. The Balaban J connectivity index is 2.15.